The zero-order valence-electron chi connectivity index (χ0n) is 9.80. The number of rotatable bonds is 5. The van der Waals surface area contributed by atoms with Crippen molar-refractivity contribution in [3.8, 4) is 0 Å². The second-order valence-corrected chi connectivity index (χ2v) is 6.29. The number of sulfonamides is 1. The third-order valence-corrected chi connectivity index (χ3v) is 4.46. The van der Waals surface area contributed by atoms with Gasteiger partial charge in [-0.05, 0) is 31.4 Å². The van der Waals surface area contributed by atoms with Crippen LogP contribution in [-0.4, -0.2) is 32.7 Å². The summed E-state index contributed by atoms with van der Waals surface area (Å²) in [7, 11) is -3.50. The monoisotopic (exact) mass is 290 g/mol. The van der Waals surface area contributed by atoms with E-state index in [2.05, 4.69) is 9.71 Å². The highest BCUT2D eigenvalue weighted by Crippen LogP contribution is 2.16. The second kappa shape index (κ2) is 5.97. The summed E-state index contributed by atoms with van der Waals surface area (Å²) in [4.78, 5) is 3.88. The van der Waals surface area contributed by atoms with Crippen LogP contribution in [0.1, 0.15) is 19.3 Å². The molecule has 1 saturated heterocycles. The van der Waals surface area contributed by atoms with Gasteiger partial charge >= 0.3 is 0 Å². The van der Waals surface area contributed by atoms with Crippen LogP contribution in [0.5, 0.6) is 0 Å². The molecule has 1 fully saturated rings. The molecular weight excluding hydrogens is 276 g/mol. The molecule has 100 valence electrons. The molecule has 1 N–H and O–H groups in total. The summed E-state index contributed by atoms with van der Waals surface area (Å²) >= 11 is 5.67. The van der Waals surface area contributed by atoms with Gasteiger partial charge in [-0.15, -0.1) is 0 Å². The van der Waals surface area contributed by atoms with E-state index in [0.717, 1.165) is 19.4 Å². The van der Waals surface area contributed by atoms with Gasteiger partial charge in [0.1, 0.15) is 5.15 Å². The minimum Gasteiger partial charge on any atom is -0.378 e. The Labute approximate surface area is 112 Å². The fraction of sp³-hybridized carbons (Fsp3) is 0.545. The summed E-state index contributed by atoms with van der Waals surface area (Å²) in [5, 5.41) is 0.164. The molecule has 2 heterocycles. The lowest BCUT2D eigenvalue weighted by Crippen LogP contribution is -2.27. The normalized spacial score (nSPS) is 20.2. The van der Waals surface area contributed by atoms with Crippen LogP contribution < -0.4 is 4.72 Å². The van der Waals surface area contributed by atoms with E-state index in [1.165, 1.54) is 18.3 Å². The van der Waals surface area contributed by atoms with Crippen LogP contribution in [-0.2, 0) is 14.8 Å². The van der Waals surface area contributed by atoms with Gasteiger partial charge in [0.15, 0.2) is 0 Å². The van der Waals surface area contributed by atoms with Crippen LogP contribution in [0.25, 0.3) is 0 Å². The Morgan fingerprint density at radius 3 is 3.06 bits per heavy atom. The molecule has 1 aliphatic heterocycles. The molecule has 0 saturated carbocycles. The summed E-state index contributed by atoms with van der Waals surface area (Å²) in [6, 6.07) is 2.75. The molecule has 0 aliphatic carbocycles. The van der Waals surface area contributed by atoms with Crippen molar-refractivity contribution >= 4 is 21.6 Å². The van der Waals surface area contributed by atoms with Crippen LogP contribution in [0.4, 0.5) is 0 Å². The van der Waals surface area contributed by atoms with Crippen molar-refractivity contribution in [2.45, 2.75) is 30.3 Å². The summed E-state index contributed by atoms with van der Waals surface area (Å²) < 4.78 is 31.8. The van der Waals surface area contributed by atoms with E-state index in [-0.39, 0.29) is 16.2 Å². The van der Waals surface area contributed by atoms with Crippen LogP contribution in [0.3, 0.4) is 0 Å². The van der Waals surface area contributed by atoms with Gasteiger partial charge in [0, 0.05) is 19.3 Å². The molecule has 1 unspecified atom stereocenters. The third kappa shape index (κ3) is 3.65. The van der Waals surface area contributed by atoms with Crippen molar-refractivity contribution in [3.63, 3.8) is 0 Å². The maximum atomic E-state index is 11.9. The zero-order chi connectivity index (χ0) is 13.0. The van der Waals surface area contributed by atoms with Gasteiger partial charge in [-0.3, -0.25) is 0 Å². The van der Waals surface area contributed by atoms with Crippen molar-refractivity contribution in [1.82, 2.24) is 9.71 Å². The third-order valence-electron chi connectivity index (χ3n) is 2.79. The Hall–Kier alpha value is -0.690. The molecule has 5 nitrogen and oxygen atoms in total. The number of hydrogen-bond donors (Lipinski definition) is 1. The SMILES string of the molecule is O=S(=O)(NCCC1CCCO1)c1ccnc(Cl)c1. The highest BCUT2D eigenvalue weighted by Gasteiger charge is 2.18. The highest BCUT2D eigenvalue weighted by molar-refractivity contribution is 7.89. The first-order valence-electron chi connectivity index (χ1n) is 5.81. The van der Waals surface area contributed by atoms with Gasteiger partial charge in [0.25, 0.3) is 0 Å². The molecule has 1 aromatic rings. The molecule has 7 heteroatoms. The van der Waals surface area contributed by atoms with E-state index < -0.39 is 10.0 Å². The van der Waals surface area contributed by atoms with Gasteiger partial charge in [-0.2, -0.15) is 0 Å². The Balaban J connectivity index is 1.90. The molecule has 0 bridgehead atoms. The molecule has 0 amide bonds. The lowest BCUT2D eigenvalue weighted by atomic mass is 10.2. The van der Waals surface area contributed by atoms with Gasteiger partial charge in [-0.1, -0.05) is 11.6 Å². The Morgan fingerprint density at radius 2 is 2.39 bits per heavy atom. The summed E-state index contributed by atoms with van der Waals surface area (Å²) in [6.45, 7) is 1.14. The smallest absolute Gasteiger partial charge is 0.240 e. The number of ether oxygens (including phenoxy) is 1. The minimum atomic E-state index is -3.50. The first-order chi connectivity index (χ1) is 8.58. The van der Waals surface area contributed by atoms with Gasteiger partial charge in [0.05, 0.1) is 11.0 Å². The number of aromatic nitrogens is 1. The predicted octanol–water partition coefficient (Wildman–Crippen LogP) is 1.58. The summed E-state index contributed by atoms with van der Waals surface area (Å²) in [5.74, 6) is 0. The molecule has 0 aromatic carbocycles. The van der Waals surface area contributed by atoms with Crippen molar-refractivity contribution in [2.24, 2.45) is 0 Å². The number of hydrogen-bond acceptors (Lipinski definition) is 4. The fourth-order valence-corrected chi connectivity index (χ4v) is 3.16. The average molecular weight is 291 g/mol. The largest absolute Gasteiger partial charge is 0.378 e. The van der Waals surface area contributed by atoms with E-state index in [1.807, 2.05) is 0 Å². The minimum absolute atomic E-state index is 0.134. The fourth-order valence-electron chi connectivity index (χ4n) is 1.86. The van der Waals surface area contributed by atoms with E-state index in [1.54, 1.807) is 0 Å². The molecule has 1 atom stereocenters. The number of nitrogens with one attached hydrogen (secondary N) is 1. The highest BCUT2D eigenvalue weighted by atomic mass is 35.5. The number of nitrogens with zero attached hydrogens (tertiary/aromatic N) is 1. The molecular formula is C11H15ClN2O3S. The van der Waals surface area contributed by atoms with E-state index in [0.29, 0.717) is 13.0 Å². The maximum Gasteiger partial charge on any atom is 0.240 e. The Morgan fingerprint density at radius 1 is 1.56 bits per heavy atom. The average Bonchev–Trinajstić information content (AvgIpc) is 2.82. The lowest BCUT2D eigenvalue weighted by Gasteiger charge is -2.10. The van der Waals surface area contributed by atoms with Crippen LogP contribution in [0, 0.1) is 0 Å². The molecule has 18 heavy (non-hydrogen) atoms. The zero-order valence-corrected chi connectivity index (χ0v) is 11.4. The van der Waals surface area contributed by atoms with Crippen LogP contribution in [0.15, 0.2) is 23.2 Å². The summed E-state index contributed by atoms with van der Waals surface area (Å²) in [6.07, 6.45) is 4.30. The van der Waals surface area contributed by atoms with Crippen molar-refractivity contribution in [2.75, 3.05) is 13.2 Å². The molecule has 2 rings (SSSR count). The van der Waals surface area contributed by atoms with Crippen molar-refractivity contribution < 1.29 is 13.2 Å². The topological polar surface area (TPSA) is 68.3 Å². The van der Waals surface area contributed by atoms with E-state index >= 15 is 0 Å². The van der Waals surface area contributed by atoms with Crippen LogP contribution in [0.2, 0.25) is 5.15 Å². The number of halogens is 1. The maximum absolute atomic E-state index is 11.9. The van der Waals surface area contributed by atoms with Gasteiger partial charge < -0.3 is 4.74 Å². The molecule has 0 spiro atoms. The molecule has 1 aliphatic rings. The lowest BCUT2D eigenvalue weighted by molar-refractivity contribution is 0.105. The Kier molecular flexibility index (Phi) is 4.55. The molecule has 0 radical (unpaired) electrons. The standard InChI is InChI=1S/C11H15ClN2O3S/c12-11-8-10(4-5-13-11)18(15,16)14-6-3-9-2-1-7-17-9/h4-5,8-9,14H,1-3,6-7H2. The van der Waals surface area contributed by atoms with Gasteiger partial charge in [-0.25, -0.2) is 18.1 Å². The first kappa shape index (κ1) is 13.7. The van der Waals surface area contributed by atoms with Crippen molar-refractivity contribution in [3.05, 3.63) is 23.5 Å². The second-order valence-electron chi connectivity index (χ2n) is 4.14. The van der Waals surface area contributed by atoms with Crippen molar-refractivity contribution in [1.29, 1.82) is 0 Å². The Bertz CT molecular complexity index is 501. The van der Waals surface area contributed by atoms with Gasteiger partial charge in [0.2, 0.25) is 10.0 Å². The van der Waals surface area contributed by atoms with E-state index in [9.17, 15) is 8.42 Å². The first-order valence-corrected chi connectivity index (χ1v) is 7.67. The predicted molar refractivity (Wildman–Crippen MR) is 68.0 cm³/mol. The van der Waals surface area contributed by atoms with Crippen LogP contribution >= 0.6 is 11.6 Å². The van der Waals surface area contributed by atoms with E-state index in [4.69, 9.17) is 16.3 Å². The molecule has 1 aromatic heterocycles. The summed E-state index contributed by atoms with van der Waals surface area (Å²) in [5.41, 5.74) is 0. The quantitative estimate of drug-likeness (QED) is 0.836. The number of pyridine rings is 1.